The van der Waals surface area contributed by atoms with Crippen LogP contribution in [0.15, 0.2) is 59.3 Å². The fraction of sp³-hybridized carbons (Fsp3) is 0.548. The average molecular weight is 937 g/mol. The number of likely N-dealkylation sites (N-methyl/N-ethyl adjacent to an activating group) is 1. The van der Waals surface area contributed by atoms with Gasteiger partial charge in [0.05, 0.1) is 35.0 Å². The molecule has 0 aliphatic carbocycles. The van der Waals surface area contributed by atoms with E-state index in [0.717, 1.165) is 22.2 Å². The largest absolute Gasteiger partial charge is 0.495 e. The van der Waals surface area contributed by atoms with Crippen molar-refractivity contribution in [2.24, 2.45) is 5.92 Å². The van der Waals surface area contributed by atoms with Gasteiger partial charge in [-0.05, 0) is 82.5 Å². The molecule has 0 radical (unpaired) electrons. The van der Waals surface area contributed by atoms with E-state index in [0.29, 0.717) is 22.9 Å². The maximum absolute atomic E-state index is 14.3. The van der Waals surface area contributed by atoms with Crippen LogP contribution < -0.4 is 15.0 Å². The zero-order chi connectivity index (χ0) is 46.8. The minimum absolute atomic E-state index is 0.0801. The number of methoxy groups -OCH3 is 1. The van der Waals surface area contributed by atoms with E-state index in [1.165, 1.54) is 72.8 Å². The zero-order valence-electron chi connectivity index (χ0n) is 36.7. The number of fused-ring (bicyclic) bond motifs is 5. The van der Waals surface area contributed by atoms with Crippen molar-refractivity contribution in [2.75, 3.05) is 32.7 Å². The lowest BCUT2D eigenvalue weighted by molar-refractivity contribution is -0.385. The first-order chi connectivity index (χ1) is 29.3. The van der Waals surface area contributed by atoms with Gasteiger partial charge in [0.2, 0.25) is 5.91 Å². The number of benzene rings is 1. The summed E-state index contributed by atoms with van der Waals surface area (Å²) in [6, 6.07) is 5.12. The number of nitrogens with one attached hydrogen (secondary N) is 1. The van der Waals surface area contributed by atoms with Crippen molar-refractivity contribution in [2.45, 2.75) is 119 Å². The van der Waals surface area contributed by atoms with E-state index in [1.807, 2.05) is 20.8 Å². The fourth-order valence-corrected chi connectivity index (χ4v) is 9.59. The smallest absolute Gasteiger partial charge is 0.410 e. The predicted octanol–water partition coefficient (Wildman–Crippen LogP) is 6.38. The number of carbonyl (C=O) groups is 4. The summed E-state index contributed by atoms with van der Waals surface area (Å²) in [5, 5.41) is 36.8. The normalized spacial score (nSPS) is 29.4. The quantitative estimate of drug-likeness (QED) is 0.0585. The van der Waals surface area contributed by atoms with Crippen LogP contribution in [0.4, 0.5) is 21.0 Å². The van der Waals surface area contributed by atoms with Gasteiger partial charge in [0.15, 0.2) is 5.72 Å². The summed E-state index contributed by atoms with van der Waals surface area (Å²) < 4.78 is 28.6. The van der Waals surface area contributed by atoms with E-state index >= 15 is 0 Å². The number of aliphatic hydroxyl groups excluding tert-OH is 1. The highest BCUT2D eigenvalue weighted by Crippen LogP contribution is 2.52. The first-order valence-electron chi connectivity index (χ1n) is 20.0. The third-order valence-electron chi connectivity index (χ3n) is 11.5. The molecule has 2 fully saturated rings. The van der Waals surface area contributed by atoms with Gasteiger partial charge in [-0.1, -0.05) is 53.1 Å². The molecule has 344 valence electrons. The molecule has 3 amide bonds. The summed E-state index contributed by atoms with van der Waals surface area (Å²) in [5.41, 5.74) is -3.17. The number of epoxide rings is 1. The predicted molar refractivity (Wildman–Crippen MR) is 236 cm³/mol. The summed E-state index contributed by atoms with van der Waals surface area (Å²) in [6.07, 6.45) is 0.0888. The molecule has 18 nitrogen and oxygen atoms in total. The van der Waals surface area contributed by atoms with Crippen LogP contribution in [0.1, 0.15) is 66.9 Å². The molecule has 0 saturated carbocycles. The second-order valence-corrected chi connectivity index (χ2v) is 20.3. The number of aromatic nitrogens is 1. The van der Waals surface area contributed by atoms with E-state index in [9.17, 15) is 39.5 Å². The topological polar surface area (TPSA) is 233 Å². The fourth-order valence-electron chi connectivity index (χ4n) is 7.27. The number of alkyl carbamates (subject to hydrolysis) is 1. The number of pyridine rings is 1. The lowest BCUT2D eigenvalue weighted by Gasteiger charge is -2.47. The Hall–Kier alpha value is -4.60. The third kappa shape index (κ3) is 11.4. The minimum atomic E-state index is -2.14. The van der Waals surface area contributed by atoms with E-state index in [4.69, 9.17) is 35.3 Å². The van der Waals surface area contributed by atoms with Gasteiger partial charge in [0.25, 0.3) is 5.69 Å². The highest BCUT2D eigenvalue weighted by atomic mass is 35.5. The summed E-state index contributed by atoms with van der Waals surface area (Å²) in [4.78, 5) is 71.5. The molecular formula is C42H54ClN5O13S2. The van der Waals surface area contributed by atoms with Gasteiger partial charge in [-0.3, -0.25) is 25.1 Å². The van der Waals surface area contributed by atoms with Crippen LogP contribution in [-0.4, -0.2) is 123 Å². The summed E-state index contributed by atoms with van der Waals surface area (Å²) in [6.45, 7) is 11.8. The van der Waals surface area contributed by atoms with Crippen molar-refractivity contribution < 1.29 is 58.0 Å². The molecule has 63 heavy (non-hydrogen) atoms. The summed E-state index contributed by atoms with van der Waals surface area (Å²) in [5.74, 6) is -1.77. The number of amides is 3. The van der Waals surface area contributed by atoms with Crippen LogP contribution >= 0.6 is 33.2 Å². The Labute approximate surface area is 378 Å². The van der Waals surface area contributed by atoms with Gasteiger partial charge in [0, 0.05) is 32.5 Å². The van der Waals surface area contributed by atoms with Crippen LogP contribution in [0.2, 0.25) is 5.02 Å². The third-order valence-corrected chi connectivity index (χ3v) is 15.1. The van der Waals surface area contributed by atoms with E-state index in [2.05, 4.69) is 10.3 Å². The number of hydrogen-bond acceptors (Lipinski definition) is 16. The Kier molecular flexibility index (Phi) is 15.1. The molecule has 2 saturated heterocycles. The van der Waals surface area contributed by atoms with Gasteiger partial charge in [-0.15, -0.1) is 0 Å². The first kappa shape index (κ1) is 49.4. The molecule has 3 aliphatic rings. The first-order valence-corrected chi connectivity index (χ1v) is 22.5. The Morgan fingerprint density at radius 1 is 1.25 bits per heavy atom. The number of hydrogen-bond donors (Lipinski definition) is 3. The Morgan fingerprint density at radius 2 is 1.95 bits per heavy atom. The number of carbonyl (C=O) groups excluding carboxylic acids is 4. The van der Waals surface area contributed by atoms with Gasteiger partial charge < -0.3 is 38.8 Å². The molecule has 0 spiro atoms. The molecule has 1 aromatic heterocycles. The van der Waals surface area contributed by atoms with E-state index in [-0.39, 0.29) is 23.7 Å². The maximum atomic E-state index is 14.3. The monoisotopic (exact) mass is 935 g/mol. The lowest BCUT2D eigenvalue weighted by atomic mass is 9.75. The number of rotatable bonds is 10. The molecule has 0 unspecified atom stereocenters. The van der Waals surface area contributed by atoms with Crippen molar-refractivity contribution >= 4 is 68.6 Å². The molecule has 2 aromatic rings. The molecule has 8 atom stereocenters. The molecule has 1 aromatic carbocycles. The van der Waals surface area contributed by atoms with Crippen molar-refractivity contribution in [3.05, 3.63) is 75.0 Å². The van der Waals surface area contributed by atoms with Gasteiger partial charge in [0.1, 0.15) is 58.1 Å². The van der Waals surface area contributed by atoms with Crippen LogP contribution in [0, 0.1) is 16.0 Å². The summed E-state index contributed by atoms with van der Waals surface area (Å²) in [7, 11) is 6.93. The highest BCUT2D eigenvalue weighted by Gasteiger charge is 2.67. The van der Waals surface area contributed by atoms with Gasteiger partial charge in [-0.25, -0.2) is 19.4 Å². The number of nitro groups is 1. The average Bonchev–Trinajstić information content (AvgIpc) is 3.92. The number of anilines is 1. The van der Waals surface area contributed by atoms with Gasteiger partial charge >= 0.3 is 18.2 Å². The van der Waals surface area contributed by atoms with Crippen molar-refractivity contribution in [1.82, 2.24) is 15.2 Å². The van der Waals surface area contributed by atoms with Crippen LogP contribution in [0.3, 0.4) is 0 Å². The van der Waals surface area contributed by atoms with Crippen LogP contribution in [-0.2, 0) is 35.0 Å². The SMILES string of the molecule is COc1cc2cc(c1Cl)N(C)C(=O)C[C@H](OC(=O)[C@H](C)N(C)C(=O)OCC(C)(C)SSc1ccc([N+](=O)[O-])cn1)[C@]1(C)O[C@H]1[C@H](C)[C@]1(C)C[C@@](O)(NC(=O)O1)[C@H](O)/C=C/C=C(\C)C2. The van der Waals surface area contributed by atoms with Crippen molar-refractivity contribution in [1.29, 1.82) is 0 Å². The number of nitrogens with zero attached hydrogens (tertiary/aromatic N) is 4. The van der Waals surface area contributed by atoms with Crippen LogP contribution in [0.5, 0.6) is 5.75 Å². The highest BCUT2D eigenvalue weighted by molar-refractivity contribution is 8.77. The number of allylic oxidation sites excluding steroid dienone is 3. The Morgan fingerprint density at radius 3 is 2.59 bits per heavy atom. The van der Waals surface area contributed by atoms with E-state index in [1.54, 1.807) is 45.1 Å². The lowest BCUT2D eigenvalue weighted by Crippen LogP contribution is -2.66. The second-order valence-electron chi connectivity index (χ2n) is 17.1. The molecule has 4 bridgehead atoms. The number of aliphatic hydroxyl groups is 2. The number of esters is 1. The van der Waals surface area contributed by atoms with Gasteiger partial charge in [-0.2, -0.15) is 0 Å². The molecular weight excluding hydrogens is 882 g/mol. The standard InChI is InChI=1S/C42H54ClN5O13S2/c1-23-12-11-13-30(49)42(54)21-40(6,61-37(52)45-42)24(2)35-41(7,60-35)31(19-33(50)47(9)28-17-26(16-23)18-29(57-10)34(28)43)59-36(51)25(3)46(8)38(53)58-22-39(4,5)63-62-32-15-14-27(20-44-32)48(55)56/h11-15,17-18,20,24-25,30-31,35,49,54H,16,19,21-22H2,1-10H3,(H,45,52)/b13-11+,23-12+/t24-,25-,30+,31-,35-,40-,41-,42-/m0/s1. The Balaban J connectivity index is 1.39. The molecule has 3 N–H and O–H groups in total. The molecule has 21 heteroatoms. The molecule has 5 rings (SSSR count). The summed E-state index contributed by atoms with van der Waals surface area (Å²) >= 11 is 6.77. The maximum Gasteiger partial charge on any atom is 0.410 e. The Bertz CT molecular complexity index is 2160. The molecule has 4 heterocycles. The molecule has 3 aliphatic heterocycles. The van der Waals surface area contributed by atoms with E-state index < -0.39 is 87.4 Å². The van der Waals surface area contributed by atoms with Crippen molar-refractivity contribution in [3.8, 4) is 5.75 Å². The second kappa shape index (κ2) is 19.2. The number of halogens is 1. The van der Waals surface area contributed by atoms with Crippen LogP contribution in [0.25, 0.3) is 0 Å². The van der Waals surface area contributed by atoms with Crippen molar-refractivity contribution in [3.63, 3.8) is 0 Å². The minimum Gasteiger partial charge on any atom is -0.495 e. The number of ether oxygens (including phenoxy) is 5. The zero-order valence-corrected chi connectivity index (χ0v) is 39.1.